The van der Waals surface area contributed by atoms with E-state index in [1.54, 1.807) is 0 Å². The summed E-state index contributed by atoms with van der Waals surface area (Å²) >= 11 is 0. The Morgan fingerprint density at radius 1 is 1.33 bits per heavy atom. The number of aliphatic hydroxyl groups is 1. The molecule has 2 saturated heterocycles. The summed E-state index contributed by atoms with van der Waals surface area (Å²) < 4.78 is 5.27. The Balaban J connectivity index is 1.65. The van der Waals surface area contributed by atoms with Gasteiger partial charge in [-0.15, -0.1) is 0 Å². The molecule has 1 atom stereocenters. The highest BCUT2D eigenvalue weighted by molar-refractivity contribution is 5.78. The smallest absolute Gasteiger partial charge is 0.234 e. The molecule has 2 fully saturated rings. The minimum atomic E-state index is 0.131. The molecule has 0 saturated carbocycles. The Morgan fingerprint density at radius 2 is 2.11 bits per heavy atom. The lowest BCUT2D eigenvalue weighted by Crippen LogP contribution is -2.43. The number of nitrogens with one attached hydrogen (secondary N) is 1. The van der Waals surface area contributed by atoms with Crippen molar-refractivity contribution in [2.45, 2.75) is 31.7 Å². The van der Waals surface area contributed by atoms with Gasteiger partial charge in [0.2, 0.25) is 5.91 Å². The zero-order chi connectivity index (χ0) is 12.8. The second-order valence-electron chi connectivity index (χ2n) is 5.36. The van der Waals surface area contributed by atoms with Gasteiger partial charge in [0.25, 0.3) is 0 Å². The topological polar surface area (TPSA) is 61.8 Å². The normalized spacial score (nSPS) is 26.4. The molecule has 2 rings (SSSR count). The van der Waals surface area contributed by atoms with Crippen LogP contribution in [0.5, 0.6) is 0 Å². The summed E-state index contributed by atoms with van der Waals surface area (Å²) in [6, 6.07) is 0.294. The van der Waals surface area contributed by atoms with Gasteiger partial charge in [0.1, 0.15) is 0 Å². The average Bonchev–Trinajstić information content (AvgIpc) is 2.78. The van der Waals surface area contributed by atoms with Crippen LogP contribution in [-0.4, -0.2) is 61.4 Å². The van der Waals surface area contributed by atoms with Gasteiger partial charge in [-0.2, -0.15) is 0 Å². The van der Waals surface area contributed by atoms with E-state index in [1.807, 2.05) is 0 Å². The molecule has 1 unspecified atom stereocenters. The van der Waals surface area contributed by atoms with Gasteiger partial charge in [0.05, 0.1) is 6.54 Å². The van der Waals surface area contributed by atoms with Gasteiger partial charge in [-0.3, -0.25) is 9.69 Å². The van der Waals surface area contributed by atoms with Gasteiger partial charge >= 0.3 is 0 Å². The zero-order valence-electron chi connectivity index (χ0n) is 10.9. The van der Waals surface area contributed by atoms with Crippen LogP contribution in [0.3, 0.4) is 0 Å². The van der Waals surface area contributed by atoms with Crippen molar-refractivity contribution in [2.75, 3.05) is 39.5 Å². The SMILES string of the molecule is O=C(CN1CCC(CCO)C1)NC1CCOCC1. The van der Waals surface area contributed by atoms with Crippen LogP contribution in [0.2, 0.25) is 0 Å². The van der Waals surface area contributed by atoms with Crippen LogP contribution in [0.15, 0.2) is 0 Å². The van der Waals surface area contributed by atoms with Gasteiger partial charge in [0.15, 0.2) is 0 Å². The molecule has 18 heavy (non-hydrogen) atoms. The minimum absolute atomic E-state index is 0.131. The minimum Gasteiger partial charge on any atom is -0.396 e. The fourth-order valence-electron chi connectivity index (χ4n) is 2.79. The molecule has 2 heterocycles. The molecule has 104 valence electrons. The van der Waals surface area contributed by atoms with E-state index in [9.17, 15) is 4.79 Å². The average molecular weight is 256 g/mol. The molecule has 0 aromatic rings. The molecule has 0 bridgehead atoms. The van der Waals surface area contributed by atoms with Crippen molar-refractivity contribution in [3.8, 4) is 0 Å². The van der Waals surface area contributed by atoms with Crippen molar-refractivity contribution in [3.63, 3.8) is 0 Å². The zero-order valence-corrected chi connectivity index (χ0v) is 10.9. The lowest BCUT2D eigenvalue weighted by molar-refractivity contribution is -0.123. The molecular formula is C13H24N2O3. The van der Waals surface area contributed by atoms with Crippen molar-refractivity contribution >= 4 is 5.91 Å². The first-order valence-corrected chi connectivity index (χ1v) is 6.98. The Hall–Kier alpha value is -0.650. The number of hydrogen-bond acceptors (Lipinski definition) is 4. The summed E-state index contributed by atoms with van der Waals surface area (Å²) in [4.78, 5) is 14.1. The summed E-state index contributed by atoms with van der Waals surface area (Å²) in [6.07, 6.45) is 3.82. The van der Waals surface area contributed by atoms with E-state index in [-0.39, 0.29) is 12.5 Å². The van der Waals surface area contributed by atoms with Crippen LogP contribution in [0.25, 0.3) is 0 Å². The fourth-order valence-corrected chi connectivity index (χ4v) is 2.79. The second kappa shape index (κ2) is 7.07. The van der Waals surface area contributed by atoms with E-state index in [1.165, 1.54) is 0 Å². The van der Waals surface area contributed by atoms with E-state index in [0.717, 1.165) is 52.0 Å². The largest absolute Gasteiger partial charge is 0.396 e. The fraction of sp³-hybridized carbons (Fsp3) is 0.923. The summed E-state index contributed by atoms with van der Waals surface area (Å²) in [5.74, 6) is 0.692. The van der Waals surface area contributed by atoms with Crippen molar-refractivity contribution in [1.29, 1.82) is 0 Å². The predicted octanol–water partition coefficient (Wildman–Crippen LogP) is -0.0141. The summed E-state index contributed by atoms with van der Waals surface area (Å²) in [6.45, 7) is 4.19. The summed E-state index contributed by atoms with van der Waals surface area (Å²) in [7, 11) is 0. The molecule has 0 aromatic heterocycles. The molecule has 0 aromatic carbocycles. The van der Waals surface area contributed by atoms with Gasteiger partial charge in [-0.05, 0) is 38.1 Å². The maximum absolute atomic E-state index is 11.9. The number of nitrogens with zero attached hydrogens (tertiary/aromatic N) is 1. The van der Waals surface area contributed by atoms with Crippen LogP contribution < -0.4 is 5.32 Å². The highest BCUT2D eigenvalue weighted by Crippen LogP contribution is 2.18. The van der Waals surface area contributed by atoms with Crippen molar-refractivity contribution < 1.29 is 14.6 Å². The van der Waals surface area contributed by atoms with Crippen LogP contribution in [0.4, 0.5) is 0 Å². The van der Waals surface area contributed by atoms with Gasteiger partial charge < -0.3 is 15.2 Å². The number of aliphatic hydroxyl groups excluding tert-OH is 1. The molecular weight excluding hydrogens is 232 g/mol. The number of likely N-dealkylation sites (tertiary alicyclic amines) is 1. The summed E-state index contributed by atoms with van der Waals surface area (Å²) in [5, 5.41) is 12.0. The Morgan fingerprint density at radius 3 is 2.83 bits per heavy atom. The van der Waals surface area contributed by atoms with E-state index in [2.05, 4.69) is 10.2 Å². The highest BCUT2D eigenvalue weighted by Gasteiger charge is 2.24. The molecule has 0 spiro atoms. The Bertz CT molecular complexity index is 267. The van der Waals surface area contributed by atoms with Gasteiger partial charge in [-0.1, -0.05) is 0 Å². The van der Waals surface area contributed by atoms with Gasteiger partial charge in [0, 0.05) is 32.4 Å². The van der Waals surface area contributed by atoms with Crippen molar-refractivity contribution in [3.05, 3.63) is 0 Å². The lowest BCUT2D eigenvalue weighted by Gasteiger charge is -2.24. The molecule has 2 N–H and O–H groups in total. The van der Waals surface area contributed by atoms with E-state index < -0.39 is 0 Å². The molecule has 5 heteroatoms. The predicted molar refractivity (Wildman–Crippen MR) is 68.2 cm³/mol. The quantitative estimate of drug-likeness (QED) is 0.726. The molecule has 5 nitrogen and oxygen atoms in total. The standard InChI is InChI=1S/C13H24N2O3/c16-6-2-11-1-5-15(9-11)10-13(17)14-12-3-7-18-8-4-12/h11-12,16H,1-10H2,(H,14,17). The van der Waals surface area contributed by atoms with Crippen LogP contribution in [-0.2, 0) is 9.53 Å². The third kappa shape index (κ3) is 4.23. The first-order chi connectivity index (χ1) is 8.78. The third-order valence-electron chi connectivity index (χ3n) is 3.86. The van der Waals surface area contributed by atoms with Crippen LogP contribution in [0.1, 0.15) is 25.7 Å². The van der Waals surface area contributed by atoms with Crippen molar-refractivity contribution in [2.24, 2.45) is 5.92 Å². The number of hydrogen-bond donors (Lipinski definition) is 2. The molecule has 1 amide bonds. The monoisotopic (exact) mass is 256 g/mol. The lowest BCUT2D eigenvalue weighted by atomic mass is 10.1. The van der Waals surface area contributed by atoms with E-state index in [0.29, 0.717) is 18.5 Å². The third-order valence-corrected chi connectivity index (χ3v) is 3.86. The number of carbonyl (C=O) groups is 1. The maximum Gasteiger partial charge on any atom is 0.234 e. The van der Waals surface area contributed by atoms with E-state index >= 15 is 0 Å². The molecule has 2 aliphatic heterocycles. The summed E-state index contributed by atoms with van der Waals surface area (Å²) in [5.41, 5.74) is 0. The first-order valence-electron chi connectivity index (χ1n) is 6.98. The van der Waals surface area contributed by atoms with E-state index in [4.69, 9.17) is 9.84 Å². The number of rotatable bonds is 5. The number of amides is 1. The maximum atomic E-state index is 11.9. The van der Waals surface area contributed by atoms with Crippen LogP contribution >= 0.6 is 0 Å². The highest BCUT2D eigenvalue weighted by atomic mass is 16.5. The van der Waals surface area contributed by atoms with Crippen LogP contribution in [0, 0.1) is 5.92 Å². The molecule has 2 aliphatic rings. The molecule has 0 aliphatic carbocycles. The molecule has 0 radical (unpaired) electrons. The number of ether oxygens (including phenoxy) is 1. The Labute approximate surface area is 108 Å². The second-order valence-corrected chi connectivity index (χ2v) is 5.36. The number of carbonyl (C=O) groups excluding carboxylic acids is 1. The Kier molecular flexibility index (Phi) is 5.41. The van der Waals surface area contributed by atoms with Crippen molar-refractivity contribution in [1.82, 2.24) is 10.2 Å². The van der Waals surface area contributed by atoms with Gasteiger partial charge in [-0.25, -0.2) is 0 Å². The first kappa shape index (κ1) is 13.8.